The summed E-state index contributed by atoms with van der Waals surface area (Å²) in [4.78, 5) is 4.35. The molecule has 0 aliphatic heterocycles. The fourth-order valence-electron chi connectivity index (χ4n) is 5.54. The van der Waals surface area contributed by atoms with E-state index in [1.54, 1.807) is 6.20 Å². The Kier molecular flexibility index (Phi) is 9.24. The van der Waals surface area contributed by atoms with E-state index >= 15 is 0 Å². The predicted molar refractivity (Wildman–Crippen MR) is 185 cm³/mol. The molecule has 2 nitrogen and oxygen atoms in total. The molecule has 0 fully saturated rings. The van der Waals surface area contributed by atoms with Gasteiger partial charge >= 0.3 is 20.1 Å². The van der Waals surface area contributed by atoms with Gasteiger partial charge in [-0.05, 0) is 34.8 Å². The normalized spacial score (nSPS) is 12.3. The number of hydrogen-bond donors (Lipinski definition) is 0. The van der Waals surface area contributed by atoms with Gasteiger partial charge < -0.3 is 9.40 Å². The molecule has 0 aliphatic carbocycles. The number of fused-ring (bicyclic) bond motifs is 3. The quantitative estimate of drug-likeness (QED) is 0.163. The minimum Gasteiger partial charge on any atom is -0.510 e. The van der Waals surface area contributed by atoms with Crippen LogP contribution in [0.3, 0.4) is 0 Å². The Hall–Kier alpha value is -5.08. The van der Waals surface area contributed by atoms with E-state index in [4.69, 9.17) is 5.79 Å². The molecule has 0 radical (unpaired) electrons. The summed E-state index contributed by atoms with van der Waals surface area (Å²) in [5, 5.41) is 2.17. The number of hydrogen-bond acceptors (Lipinski definition) is 2. The van der Waals surface area contributed by atoms with Crippen molar-refractivity contribution in [2.24, 2.45) is 0 Å². The van der Waals surface area contributed by atoms with Gasteiger partial charge in [0, 0.05) is 18.5 Å². The van der Waals surface area contributed by atoms with Gasteiger partial charge in [-0.1, -0.05) is 103 Å². The fraction of sp³-hybridized carbons (Fsp3) is 0.0465. The second-order valence-electron chi connectivity index (χ2n) is 10.7. The molecule has 8 aromatic rings. The first-order valence-electron chi connectivity index (χ1n) is 15.5. The maximum absolute atomic E-state index is 8.97. The molecule has 0 saturated carbocycles. The van der Waals surface area contributed by atoms with E-state index in [2.05, 4.69) is 53.5 Å². The van der Waals surface area contributed by atoms with E-state index in [1.807, 2.05) is 128 Å². The van der Waals surface area contributed by atoms with Crippen molar-refractivity contribution < 1.29 is 25.9 Å². The average Bonchev–Trinajstić information content (AvgIpc) is 3.52. The summed E-state index contributed by atoms with van der Waals surface area (Å²) in [5.41, 5.74) is 9.68. The van der Waals surface area contributed by atoms with Crippen molar-refractivity contribution in [1.82, 2.24) is 4.98 Å². The van der Waals surface area contributed by atoms with Crippen molar-refractivity contribution in [3.8, 4) is 33.5 Å². The van der Waals surface area contributed by atoms with Crippen LogP contribution < -0.4 is 0 Å². The molecule has 1 unspecified atom stereocenters. The van der Waals surface area contributed by atoms with Gasteiger partial charge in [0.15, 0.2) is 0 Å². The summed E-state index contributed by atoms with van der Waals surface area (Å²) in [6, 6.07) is 60.1. The smallest absolute Gasteiger partial charge is 0.510 e. The average molecular weight is 770 g/mol. The van der Waals surface area contributed by atoms with Gasteiger partial charge in [-0.25, -0.2) is 5.56 Å². The van der Waals surface area contributed by atoms with E-state index in [0.29, 0.717) is 0 Å². The van der Waals surface area contributed by atoms with Crippen LogP contribution in [0, 0.1) is 18.2 Å². The molecule has 0 N–H and O–H groups in total. The first-order valence-corrected chi connectivity index (χ1v) is 15.0. The number of nitrogens with zero attached hydrogens (tertiary/aromatic N) is 1. The summed E-state index contributed by atoms with van der Waals surface area (Å²) < 4.78 is 15.1. The third kappa shape index (κ3) is 6.62. The molecule has 8 rings (SSSR count). The molecule has 1 atom stereocenters. The van der Waals surface area contributed by atoms with E-state index in [0.717, 1.165) is 55.4 Å². The standard InChI is InChI=1S/C26H18O.C17H12N.Ir/c1-18(19-9-3-2-4-10-19)20-11-7-12-21(17-20)22-14-8-15-24-23-13-5-6-16-25(23)27-26(22)24;1-2-7-14(8-3-1)15-9-6-10-16(13-15)17-11-4-5-12-18-17;/h2-11,13,15-18H,1H3;1-9,11-13H;/q-2;-1;+3/i18D;;. The number of aromatic nitrogens is 1. The summed E-state index contributed by atoms with van der Waals surface area (Å²) in [6.45, 7) is 1.92. The largest absolute Gasteiger partial charge is 3.00 e. The van der Waals surface area contributed by atoms with Crippen LogP contribution in [0.25, 0.3) is 55.4 Å². The van der Waals surface area contributed by atoms with Gasteiger partial charge in [0.1, 0.15) is 5.58 Å². The third-order valence-electron chi connectivity index (χ3n) is 7.90. The Morgan fingerprint density at radius 2 is 1.30 bits per heavy atom. The molecular formula is C43H30IrNO. The zero-order valence-electron chi connectivity index (χ0n) is 26.2. The Morgan fingerprint density at radius 3 is 2.11 bits per heavy atom. The molecular weight excluding hydrogens is 739 g/mol. The maximum atomic E-state index is 8.97. The Morgan fingerprint density at radius 1 is 0.609 bits per heavy atom. The van der Waals surface area contributed by atoms with Crippen molar-refractivity contribution in [3.05, 3.63) is 187 Å². The van der Waals surface area contributed by atoms with E-state index < -0.39 is 5.89 Å². The SMILES string of the molecule is [2H]C(C)(c1ccccc1)c1cc[c-]c(-c2[c-]ccc3c2oc2ccccc23)c1.[Ir+3].[c-]1ccc(-c2ccccc2)cc1-c1ccccn1. The maximum Gasteiger partial charge on any atom is 3.00 e. The molecule has 3 heteroatoms. The first-order chi connectivity index (χ1) is 22.6. The van der Waals surface area contributed by atoms with Crippen LogP contribution in [-0.4, -0.2) is 4.98 Å². The Balaban J connectivity index is 0.000000176. The molecule has 0 bridgehead atoms. The van der Waals surface area contributed by atoms with Crippen molar-refractivity contribution in [2.75, 3.05) is 0 Å². The molecule has 46 heavy (non-hydrogen) atoms. The number of pyridine rings is 1. The number of furan rings is 1. The van der Waals surface area contributed by atoms with Crippen LogP contribution in [0.15, 0.2) is 162 Å². The van der Waals surface area contributed by atoms with E-state index in [1.165, 1.54) is 11.1 Å². The van der Waals surface area contributed by atoms with Gasteiger partial charge in [0.2, 0.25) is 0 Å². The minimum atomic E-state index is -0.854. The van der Waals surface area contributed by atoms with E-state index in [-0.39, 0.29) is 20.1 Å². The van der Waals surface area contributed by atoms with Gasteiger partial charge in [0.05, 0.1) is 0 Å². The molecule has 2 heterocycles. The monoisotopic (exact) mass is 770 g/mol. The third-order valence-corrected chi connectivity index (χ3v) is 7.90. The zero-order chi connectivity index (χ0) is 31.3. The number of para-hydroxylation sites is 1. The van der Waals surface area contributed by atoms with Crippen molar-refractivity contribution in [1.29, 1.82) is 0 Å². The summed E-state index contributed by atoms with van der Waals surface area (Å²) >= 11 is 0. The van der Waals surface area contributed by atoms with Crippen LogP contribution in [0.2, 0.25) is 0 Å². The van der Waals surface area contributed by atoms with Crippen LogP contribution in [0.1, 0.15) is 25.3 Å². The van der Waals surface area contributed by atoms with Crippen molar-refractivity contribution in [2.45, 2.75) is 12.8 Å². The first kappa shape index (κ1) is 29.6. The minimum absolute atomic E-state index is 0. The molecule has 0 saturated heterocycles. The molecule has 6 aromatic carbocycles. The van der Waals surface area contributed by atoms with Crippen LogP contribution in [0.4, 0.5) is 0 Å². The van der Waals surface area contributed by atoms with Crippen LogP contribution in [0.5, 0.6) is 0 Å². The van der Waals surface area contributed by atoms with Crippen molar-refractivity contribution >= 4 is 21.9 Å². The Labute approximate surface area is 285 Å². The summed E-state index contributed by atoms with van der Waals surface area (Å²) in [7, 11) is 0. The second-order valence-corrected chi connectivity index (χ2v) is 10.7. The van der Waals surface area contributed by atoms with E-state index in [9.17, 15) is 0 Å². The summed E-state index contributed by atoms with van der Waals surface area (Å²) in [5.74, 6) is -0.854. The fourth-order valence-corrected chi connectivity index (χ4v) is 5.54. The van der Waals surface area contributed by atoms with Gasteiger partial charge in [-0.3, -0.25) is 0 Å². The second kappa shape index (κ2) is 14.3. The molecule has 222 valence electrons. The number of rotatable bonds is 5. The van der Waals surface area contributed by atoms with Crippen molar-refractivity contribution in [3.63, 3.8) is 0 Å². The summed E-state index contributed by atoms with van der Waals surface area (Å²) in [6.07, 6.45) is 1.80. The molecule has 0 aliphatic rings. The van der Waals surface area contributed by atoms with Gasteiger partial charge in [-0.15, -0.1) is 53.1 Å². The molecule has 0 spiro atoms. The number of benzene rings is 6. The van der Waals surface area contributed by atoms with Crippen LogP contribution in [-0.2, 0) is 20.1 Å². The zero-order valence-corrected chi connectivity index (χ0v) is 27.6. The predicted octanol–water partition coefficient (Wildman–Crippen LogP) is 11.2. The molecule has 2 aromatic heterocycles. The topological polar surface area (TPSA) is 26.0 Å². The van der Waals surface area contributed by atoms with Crippen LogP contribution >= 0.6 is 0 Å². The molecule has 0 amide bonds. The Bertz CT molecular complexity index is 2170. The van der Waals surface area contributed by atoms with Gasteiger partial charge in [-0.2, -0.15) is 35.9 Å². The van der Waals surface area contributed by atoms with Gasteiger partial charge in [0.25, 0.3) is 0 Å².